The van der Waals surface area contributed by atoms with Gasteiger partial charge < -0.3 is 14.5 Å². The number of rotatable bonds is 4. The maximum Gasteiger partial charge on any atom is 0.226 e. The van der Waals surface area contributed by atoms with E-state index in [1.54, 1.807) is 0 Å². The average molecular weight is 429 g/mol. The molecule has 4 rings (SSSR count). The molecule has 1 saturated heterocycles. The van der Waals surface area contributed by atoms with Crippen LogP contribution in [0.15, 0.2) is 30.6 Å². The molecule has 1 atom stereocenters. The lowest BCUT2D eigenvalue weighted by Crippen LogP contribution is -2.55. The van der Waals surface area contributed by atoms with E-state index in [9.17, 15) is 4.79 Å². The zero-order chi connectivity index (χ0) is 21.1. The first-order valence-electron chi connectivity index (χ1n) is 10.8. The van der Waals surface area contributed by atoms with Crippen LogP contribution in [-0.2, 0) is 4.79 Å². The van der Waals surface area contributed by atoms with Crippen molar-refractivity contribution in [1.82, 2.24) is 14.9 Å². The monoisotopic (exact) mass is 428 g/mol. The van der Waals surface area contributed by atoms with Crippen molar-refractivity contribution in [2.24, 2.45) is 5.92 Å². The Morgan fingerprint density at radius 3 is 2.70 bits per heavy atom. The number of ether oxygens (including phenoxy) is 1. The fourth-order valence-corrected chi connectivity index (χ4v) is 4.59. The number of aromatic nitrogens is 2. The van der Waals surface area contributed by atoms with Crippen LogP contribution < -0.4 is 9.64 Å². The maximum absolute atomic E-state index is 13.0. The predicted octanol–water partition coefficient (Wildman–Crippen LogP) is 4.85. The van der Waals surface area contributed by atoms with Crippen LogP contribution >= 0.6 is 11.6 Å². The van der Waals surface area contributed by atoms with Gasteiger partial charge in [0.2, 0.25) is 11.8 Å². The van der Waals surface area contributed by atoms with E-state index < -0.39 is 0 Å². The number of hydrogen-bond acceptors (Lipinski definition) is 5. The van der Waals surface area contributed by atoms with Gasteiger partial charge in [-0.1, -0.05) is 36.9 Å². The lowest BCUT2D eigenvalue weighted by atomic mass is 9.88. The van der Waals surface area contributed by atoms with Gasteiger partial charge in [-0.15, -0.1) is 0 Å². The largest absolute Gasteiger partial charge is 0.437 e. The minimum atomic E-state index is 0.152. The maximum atomic E-state index is 13.0. The van der Waals surface area contributed by atoms with Crippen LogP contribution in [0.1, 0.15) is 44.6 Å². The van der Waals surface area contributed by atoms with Crippen molar-refractivity contribution >= 4 is 23.3 Å². The number of nitrogens with zero attached hydrogens (tertiary/aromatic N) is 4. The van der Waals surface area contributed by atoms with Gasteiger partial charge in [-0.25, -0.2) is 9.97 Å². The van der Waals surface area contributed by atoms with E-state index in [4.69, 9.17) is 16.3 Å². The Kier molecular flexibility index (Phi) is 6.42. The number of aryl methyl sites for hydroxylation is 1. The van der Waals surface area contributed by atoms with Crippen molar-refractivity contribution in [2.75, 3.05) is 24.5 Å². The Balaban J connectivity index is 1.42. The smallest absolute Gasteiger partial charge is 0.226 e. The highest BCUT2D eigenvalue weighted by molar-refractivity contribution is 6.32. The lowest BCUT2D eigenvalue weighted by Gasteiger charge is -2.42. The molecule has 0 N–H and O–H groups in total. The fraction of sp³-hybridized carbons (Fsp3) is 0.522. The molecule has 1 aromatic heterocycles. The zero-order valence-corrected chi connectivity index (χ0v) is 18.4. The number of halogens is 1. The zero-order valence-electron chi connectivity index (χ0n) is 17.7. The summed E-state index contributed by atoms with van der Waals surface area (Å²) in [6.07, 6.45) is 7.22. The molecule has 2 fully saturated rings. The van der Waals surface area contributed by atoms with Crippen molar-refractivity contribution < 1.29 is 9.53 Å². The van der Waals surface area contributed by atoms with Crippen molar-refractivity contribution in [1.29, 1.82) is 0 Å². The molecular weight excluding hydrogens is 400 g/mol. The van der Waals surface area contributed by atoms with E-state index in [2.05, 4.69) is 26.7 Å². The average Bonchev–Trinajstić information content (AvgIpc) is 2.76. The molecule has 1 aliphatic carbocycles. The van der Waals surface area contributed by atoms with E-state index in [0.29, 0.717) is 22.6 Å². The quantitative estimate of drug-likeness (QED) is 0.696. The molecule has 160 valence electrons. The highest BCUT2D eigenvalue weighted by atomic mass is 35.5. The van der Waals surface area contributed by atoms with Gasteiger partial charge >= 0.3 is 0 Å². The number of anilines is 1. The summed E-state index contributed by atoms with van der Waals surface area (Å²) in [6, 6.07) is 7.64. The summed E-state index contributed by atoms with van der Waals surface area (Å²) in [7, 11) is 0. The molecular formula is C23H29ClN4O2. The van der Waals surface area contributed by atoms with Gasteiger partial charge in [0.15, 0.2) is 0 Å². The summed E-state index contributed by atoms with van der Waals surface area (Å²) in [5.74, 6) is 2.40. The molecule has 2 aromatic rings. The third-order valence-electron chi connectivity index (χ3n) is 6.12. The van der Waals surface area contributed by atoms with Crippen LogP contribution in [0.5, 0.6) is 11.6 Å². The first kappa shape index (κ1) is 20.9. The van der Waals surface area contributed by atoms with Crippen molar-refractivity contribution in [3.63, 3.8) is 0 Å². The number of amides is 1. The molecule has 30 heavy (non-hydrogen) atoms. The van der Waals surface area contributed by atoms with Gasteiger partial charge in [0.05, 0.1) is 5.02 Å². The second-order valence-corrected chi connectivity index (χ2v) is 8.82. The highest BCUT2D eigenvalue weighted by Crippen LogP contribution is 2.31. The van der Waals surface area contributed by atoms with Crippen molar-refractivity contribution in [3.05, 3.63) is 41.2 Å². The molecule has 0 spiro atoms. The topological polar surface area (TPSA) is 58.6 Å². The number of carbonyl (C=O) groups is 1. The van der Waals surface area contributed by atoms with Crippen molar-refractivity contribution in [2.45, 2.75) is 52.0 Å². The summed E-state index contributed by atoms with van der Waals surface area (Å²) in [5.41, 5.74) is 1.07. The van der Waals surface area contributed by atoms with E-state index in [0.717, 1.165) is 43.9 Å². The molecule has 0 unspecified atom stereocenters. The predicted molar refractivity (Wildman–Crippen MR) is 118 cm³/mol. The van der Waals surface area contributed by atoms with Gasteiger partial charge in [-0.2, -0.15) is 0 Å². The summed E-state index contributed by atoms with van der Waals surface area (Å²) in [4.78, 5) is 25.9. The van der Waals surface area contributed by atoms with E-state index >= 15 is 0 Å². The number of piperazine rings is 1. The normalized spacial score (nSPS) is 20.3. The molecule has 0 radical (unpaired) electrons. The van der Waals surface area contributed by atoms with E-state index in [-0.39, 0.29) is 12.0 Å². The minimum absolute atomic E-state index is 0.152. The fourth-order valence-electron chi connectivity index (χ4n) is 4.44. The molecule has 6 nitrogen and oxygen atoms in total. The van der Waals surface area contributed by atoms with Crippen LogP contribution in [0.4, 0.5) is 5.82 Å². The third kappa shape index (κ3) is 4.69. The summed E-state index contributed by atoms with van der Waals surface area (Å²) >= 11 is 6.25. The summed E-state index contributed by atoms with van der Waals surface area (Å²) in [6.45, 7) is 6.34. The second kappa shape index (κ2) is 9.21. The summed E-state index contributed by atoms with van der Waals surface area (Å²) < 4.78 is 5.91. The molecule has 2 heterocycles. The van der Waals surface area contributed by atoms with Crippen molar-refractivity contribution in [3.8, 4) is 11.6 Å². The van der Waals surface area contributed by atoms with Gasteiger partial charge in [-0.05, 0) is 44.4 Å². The Bertz CT molecular complexity index is 901. The van der Waals surface area contributed by atoms with Crippen LogP contribution in [0.25, 0.3) is 0 Å². The summed E-state index contributed by atoms with van der Waals surface area (Å²) in [5, 5.41) is 0.546. The first-order chi connectivity index (χ1) is 14.5. The van der Waals surface area contributed by atoms with Gasteiger partial charge in [0, 0.05) is 37.7 Å². The molecule has 1 saturated carbocycles. The number of carbonyl (C=O) groups excluding carboxylic acids is 1. The molecule has 1 amide bonds. The number of hydrogen-bond donors (Lipinski definition) is 0. The molecule has 1 aromatic carbocycles. The van der Waals surface area contributed by atoms with Crippen LogP contribution in [-0.4, -0.2) is 46.5 Å². The molecule has 2 aliphatic rings. The third-order valence-corrected chi connectivity index (χ3v) is 6.43. The Morgan fingerprint density at radius 2 is 1.93 bits per heavy atom. The number of benzene rings is 1. The molecule has 1 aliphatic heterocycles. The second-order valence-electron chi connectivity index (χ2n) is 8.41. The standard InChI is InChI=1S/C23H29ClN4O2/c1-16-8-9-19(24)20(12-16)30-22-13-21(25-15-26-22)27-10-11-28(17(2)14-27)23(29)18-6-4-3-5-7-18/h8-9,12-13,15,17-18H,3-7,10-11,14H2,1-2H3/t17-/m1/s1. The van der Waals surface area contributed by atoms with Gasteiger partial charge in [0.25, 0.3) is 0 Å². The first-order valence-corrected chi connectivity index (χ1v) is 11.2. The molecule has 0 bridgehead atoms. The highest BCUT2D eigenvalue weighted by Gasteiger charge is 2.32. The van der Waals surface area contributed by atoms with Crippen LogP contribution in [0.2, 0.25) is 5.02 Å². The Labute approximate surface area is 183 Å². The van der Waals surface area contributed by atoms with Gasteiger partial charge in [0.1, 0.15) is 17.9 Å². The van der Waals surface area contributed by atoms with Gasteiger partial charge in [-0.3, -0.25) is 4.79 Å². The minimum Gasteiger partial charge on any atom is -0.437 e. The van der Waals surface area contributed by atoms with E-state index in [1.165, 1.54) is 25.6 Å². The lowest BCUT2D eigenvalue weighted by molar-refractivity contribution is -0.139. The van der Waals surface area contributed by atoms with Crippen LogP contribution in [0, 0.1) is 12.8 Å². The van der Waals surface area contributed by atoms with Crippen LogP contribution in [0.3, 0.4) is 0 Å². The Hall–Kier alpha value is -2.34. The molecule has 7 heteroatoms. The Morgan fingerprint density at radius 1 is 1.13 bits per heavy atom. The SMILES string of the molecule is Cc1ccc(Cl)c(Oc2cc(N3CCN(C(=O)C4CCCCC4)[C@H](C)C3)ncn2)c1. The van der Waals surface area contributed by atoms with E-state index in [1.807, 2.05) is 31.2 Å².